The van der Waals surface area contributed by atoms with Crippen molar-refractivity contribution >= 4 is 5.91 Å². The average molecular weight is 367 g/mol. The van der Waals surface area contributed by atoms with Gasteiger partial charge < -0.3 is 14.8 Å². The minimum atomic E-state index is -0.342. The Morgan fingerprint density at radius 1 is 1.19 bits per heavy atom. The van der Waals surface area contributed by atoms with E-state index in [1.165, 1.54) is 16.7 Å². The second-order valence-electron chi connectivity index (χ2n) is 8.01. The van der Waals surface area contributed by atoms with E-state index >= 15 is 0 Å². The fraction of sp³-hybridized carbons (Fsp3) is 0.435. The van der Waals surface area contributed by atoms with E-state index in [0.717, 1.165) is 29.9 Å². The van der Waals surface area contributed by atoms with Crippen LogP contribution in [0.15, 0.2) is 36.4 Å². The lowest BCUT2D eigenvalue weighted by atomic mass is 9.89. The van der Waals surface area contributed by atoms with E-state index in [-0.39, 0.29) is 17.6 Å². The average Bonchev–Trinajstić information content (AvgIpc) is 2.61. The van der Waals surface area contributed by atoms with E-state index in [0.29, 0.717) is 6.42 Å². The Bertz CT molecular complexity index is 842. The molecule has 1 N–H and O–H groups in total. The molecule has 2 aromatic rings. The molecule has 1 aliphatic heterocycles. The molecule has 0 fully saturated rings. The highest BCUT2D eigenvalue weighted by Crippen LogP contribution is 2.41. The van der Waals surface area contributed by atoms with Crippen LogP contribution < -0.4 is 14.8 Å². The molecule has 1 heterocycles. The second-order valence-corrected chi connectivity index (χ2v) is 8.01. The lowest BCUT2D eigenvalue weighted by Crippen LogP contribution is -2.41. The maximum Gasteiger partial charge on any atom is 0.220 e. The van der Waals surface area contributed by atoms with Crippen molar-refractivity contribution in [2.45, 2.75) is 58.6 Å². The predicted molar refractivity (Wildman–Crippen MR) is 107 cm³/mol. The first-order chi connectivity index (χ1) is 12.8. The molecule has 144 valence electrons. The lowest BCUT2D eigenvalue weighted by Gasteiger charge is -2.38. The van der Waals surface area contributed by atoms with Crippen LogP contribution in [0.2, 0.25) is 0 Å². The Hall–Kier alpha value is -2.49. The van der Waals surface area contributed by atoms with Crippen LogP contribution in [0, 0.1) is 13.8 Å². The molecule has 4 nitrogen and oxygen atoms in total. The van der Waals surface area contributed by atoms with Crippen molar-refractivity contribution in [2.24, 2.45) is 0 Å². The smallest absolute Gasteiger partial charge is 0.220 e. The quantitative estimate of drug-likeness (QED) is 0.836. The number of ether oxygens (including phenoxy) is 2. The van der Waals surface area contributed by atoms with Gasteiger partial charge in [-0.1, -0.05) is 18.2 Å². The van der Waals surface area contributed by atoms with Crippen LogP contribution in [-0.2, 0) is 11.2 Å². The number of aryl methyl sites for hydroxylation is 3. The summed E-state index contributed by atoms with van der Waals surface area (Å²) >= 11 is 0. The van der Waals surface area contributed by atoms with E-state index in [4.69, 9.17) is 9.47 Å². The molecule has 0 saturated carbocycles. The summed E-state index contributed by atoms with van der Waals surface area (Å²) in [6, 6.07) is 12.1. The van der Waals surface area contributed by atoms with E-state index < -0.39 is 0 Å². The van der Waals surface area contributed by atoms with Crippen molar-refractivity contribution in [2.75, 3.05) is 7.11 Å². The number of methoxy groups -OCH3 is 1. The monoisotopic (exact) mass is 367 g/mol. The third-order valence-corrected chi connectivity index (χ3v) is 5.23. The third-order valence-electron chi connectivity index (χ3n) is 5.23. The van der Waals surface area contributed by atoms with Crippen LogP contribution in [0.3, 0.4) is 0 Å². The zero-order chi connectivity index (χ0) is 19.6. The molecule has 0 unspecified atom stereocenters. The number of rotatable bonds is 5. The minimum absolute atomic E-state index is 0.0538. The lowest BCUT2D eigenvalue weighted by molar-refractivity contribution is -0.122. The first kappa shape index (κ1) is 19.3. The molecule has 27 heavy (non-hydrogen) atoms. The Labute approximate surface area is 161 Å². The van der Waals surface area contributed by atoms with E-state index in [1.807, 2.05) is 32.0 Å². The van der Waals surface area contributed by atoms with Crippen molar-refractivity contribution in [3.05, 3.63) is 58.7 Å². The maximum atomic E-state index is 12.6. The molecule has 1 atom stereocenters. The molecular weight excluding hydrogens is 338 g/mol. The number of fused-ring (bicyclic) bond motifs is 1. The van der Waals surface area contributed by atoms with Gasteiger partial charge in [0.25, 0.3) is 0 Å². The first-order valence-electron chi connectivity index (χ1n) is 9.50. The maximum absolute atomic E-state index is 12.6. The fourth-order valence-electron chi connectivity index (χ4n) is 3.57. The second kappa shape index (κ2) is 7.63. The molecule has 1 amide bonds. The number of carbonyl (C=O) groups is 1. The molecule has 0 aromatic heterocycles. The highest BCUT2D eigenvalue weighted by atomic mass is 16.5. The van der Waals surface area contributed by atoms with Crippen molar-refractivity contribution in [3.8, 4) is 11.5 Å². The van der Waals surface area contributed by atoms with Crippen LogP contribution in [0.4, 0.5) is 0 Å². The fourth-order valence-corrected chi connectivity index (χ4v) is 3.57. The molecule has 3 rings (SSSR count). The van der Waals surface area contributed by atoms with Crippen molar-refractivity contribution in [1.82, 2.24) is 5.32 Å². The summed E-state index contributed by atoms with van der Waals surface area (Å²) in [5.41, 5.74) is 4.41. The van der Waals surface area contributed by atoms with Gasteiger partial charge in [0.15, 0.2) is 0 Å². The van der Waals surface area contributed by atoms with Crippen LogP contribution in [0.1, 0.15) is 55.0 Å². The van der Waals surface area contributed by atoms with Gasteiger partial charge in [-0.05, 0) is 62.9 Å². The van der Waals surface area contributed by atoms with E-state index in [9.17, 15) is 4.79 Å². The first-order valence-corrected chi connectivity index (χ1v) is 9.50. The molecular formula is C23H29NO3. The van der Waals surface area contributed by atoms with Crippen molar-refractivity contribution < 1.29 is 14.3 Å². The summed E-state index contributed by atoms with van der Waals surface area (Å²) in [7, 11) is 1.64. The summed E-state index contributed by atoms with van der Waals surface area (Å²) in [6.07, 6.45) is 1.96. The highest BCUT2D eigenvalue weighted by Gasteiger charge is 2.34. The Morgan fingerprint density at radius 3 is 2.67 bits per heavy atom. The van der Waals surface area contributed by atoms with Crippen molar-refractivity contribution in [3.63, 3.8) is 0 Å². The van der Waals surface area contributed by atoms with Gasteiger partial charge in [0.1, 0.15) is 17.1 Å². The van der Waals surface area contributed by atoms with Gasteiger partial charge in [-0.2, -0.15) is 0 Å². The molecule has 0 spiro atoms. The Morgan fingerprint density at radius 2 is 1.96 bits per heavy atom. The number of carbonyl (C=O) groups excluding carboxylic acids is 1. The van der Waals surface area contributed by atoms with Gasteiger partial charge in [-0.25, -0.2) is 0 Å². The van der Waals surface area contributed by atoms with E-state index in [1.54, 1.807) is 7.11 Å². The predicted octanol–water partition coefficient (Wildman–Crippen LogP) is 4.66. The summed E-state index contributed by atoms with van der Waals surface area (Å²) < 4.78 is 11.4. The normalized spacial score (nSPS) is 17.6. The zero-order valence-corrected chi connectivity index (χ0v) is 16.9. The van der Waals surface area contributed by atoms with Gasteiger partial charge in [-0.15, -0.1) is 0 Å². The number of hydrogen-bond donors (Lipinski definition) is 1. The van der Waals surface area contributed by atoms with Gasteiger partial charge in [0, 0.05) is 24.5 Å². The van der Waals surface area contributed by atoms with Crippen LogP contribution >= 0.6 is 0 Å². The molecule has 0 saturated heterocycles. The SMILES string of the molecule is COc1ccc2c(c1)OC(C)(C)C[C@H]2NC(=O)CCc1ccc(C)c(C)c1. The molecule has 0 aliphatic carbocycles. The Balaban J connectivity index is 1.69. The van der Waals surface area contributed by atoms with Gasteiger partial charge in [0.2, 0.25) is 5.91 Å². The third kappa shape index (κ3) is 4.62. The molecule has 1 aliphatic rings. The van der Waals surface area contributed by atoms with E-state index in [2.05, 4.69) is 37.4 Å². The minimum Gasteiger partial charge on any atom is -0.497 e. The molecule has 2 aromatic carbocycles. The molecule has 4 heteroatoms. The summed E-state index contributed by atoms with van der Waals surface area (Å²) in [6.45, 7) is 8.30. The number of amides is 1. The molecule has 0 radical (unpaired) electrons. The number of hydrogen-bond acceptors (Lipinski definition) is 3. The van der Waals surface area contributed by atoms with Gasteiger partial charge in [-0.3, -0.25) is 4.79 Å². The highest BCUT2D eigenvalue weighted by molar-refractivity contribution is 5.77. The Kier molecular flexibility index (Phi) is 5.45. The summed E-state index contributed by atoms with van der Waals surface area (Å²) in [5.74, 6) is 1.61. The van der Waals surface area contributed by atoms with Crippen molar-refractivity contribution in [1.29, 1.82) is 0 Å². The zero-order valence-electron chi connectivity index (χ0n) is 16.9. The van der Waals surface area contributed by atoms with Crippen LogP contribution in [0.25, 0.3) is 0 Å². The topological polar surface area (TPSA) is 47.6 Å². The largest absolute Gasteiger partial charge is 0.497 e. The number of nitrogens with one attached hydrogen (secondary N) is 1. The van der Waals surface area contributed by atoms with Gasteiger partial charge >= 0.3 is 0 Å². The van der Waals surface area contributed by atoms with Crippen LogP contribution in [0.5, 0.6) is 11.5 Å². The van der Waals surface area contributed by atoms with Crippen LogP contribution in [-0.4, -0.2) is 18.6 Å². The molecule has 0 bridgehead atoms. The summed E-state index contributed by atoms with van der Waals surface area (Å²) in [5, 5.41) is 3.20. The van der Waals surface area contributed by atoms with Gasteiger partial charge in [0.05, 0.1) is 13.2 Å². The standard InChI is InChI=1S/C23H29NO3/c1-15-6-7-17(12-16(15)2)8-11-22(25)24-20-14-23(3,4)27-21-13-18(26-5)9-10-19(20)21/h6-7,9-10,12-13,20H,8,11,14H2,1-5H3,(H,24,25)/t20-/m1/s1. The number of benzene rings is 2. The summed E-state index contributed by atoms with van der Waals surface area (Å²) in [4.78, 5) is 12.6.